The van der Waals surface area contributed by atoms with E-state index in [4.69, 9.17) is 14.3 Å². The van der Waals surface area contributed by atoms with Crippen LogP contribution in [0.1, 0.15) is 78.1 Å². The molecule has 2 fully saturated rings. The Labute approximate surface area is 243 Å². The maximum atomic E-state index is 12.5. The average Bonchev–Trinajstić information content (AvgIpc) is 2.85. The van der Waals surface area contributed by atoms with Crippen molar-refractivity contribution < 1.29 is 80.8 Å². The van der Waals surface area contributed by atoms with Gasteiger partial charge in [0.05, 0.1) is 36.9 Å². The van der Waals surface area contributed by atoms with Crippen LogP contribution in [0.15, 0.2) is 0 Å². The predicted molar refractivity (Wildman–Crippen MR) is 125 cm³/mol. The van der Waals surface area contributed by atoms with Crippen LogP contribution in [0.4, 0.5) is 4.53 Å². The van der Waals surface area contributed by atoms with Crippen molar-refractivity contribution in [2.24, 2.45) is 23.7 Å². The molecule has 209 valence electrons. The maximum Gasteiger partial charge on any atom is 0.351 e. The van der Waals surface area contributed by atoms with E-state index in [1.54, 1.807) is 26.0 Å². The van der Waals surface area contributed by atoms with Crippen molar-refractivity contribution in [3.63, 3.8) is 0 Å². The minimum atomic E-state index is -0.926. The van der Waals surface area contributed by atoms with E-state index in [1.165, 1.54) is 0 Å². The van der Waals surface area contributed by atoms with Crippen LogP contribution in [-0.4, -0.2) is 66.5 Å². The molecule has 2 saturated carbocycles. The van der Waals surface area contributed by atoms with Gasteiger partial charge in [0.15, 0.2) is 0 Å². The van der Waals surface area contributed by atoms with Gasteiger partial charge in [0.1, 0.15) is 5.60 Å². The Morgan fingerprint density at radius 2 is 1.43 bits per heavy atom. The fraction of sp³-hybridized carbons (Fsp3) is 0.840. The van der Waals surface area contributed by atoms with Gasteiger partial charge < -0.3 is 14.6 Å². The van der Waals surface area contributed by atoms with Crippen LogP contribution in [0.3, 0.4) is 0 Å². The van der Waals surface area contributed by atoms with E-state index < -0.39 is 35.3 Å². The van der Waals surface area contributed by atoms with Gasteiger partial charge in [-0.1, -0.05) is 12.8 Å². The number of aliphatic carboxylic acids is 1. The van der Waals surface area contributed by atoms with Gasteiger partial charge in [-0.05, 0) is 58.8 Å². The molecule has 10 nitrogen and oxygen atoms in total. The number of carboxylic acid groups (broad SMARTS) is 1. The summed E-state index contributed by atoms with van der Waals surface area (Å²) >= 11 is 0. The Morgan fingerprint density at radius 1 is 0.892 bits per heavy atom. The van der Waals surface area contributed by atoms with Crippen molar-refractivity contribution in [1.29, 1.82) is 0 Å². The fourth-order valence-electron chi connectivity index (χ4n) is 4.81. The molecule has 0 aromatic carbocycles. The number of esters is 2. The number of ether oxygens (including phenoxy) is 2. The summed E-state index contributed by atoms with van der Waals surface area (Å²) in [6.07, 6.45) is 5.27. The maximum absolute atomic E-state index is 12.5. The summed E-state index contributed by atoms with van der Waals surface area (Å²) in [4.78, 5) is 56.4. The Hall–Kier alpha value is -1.17. The zero-order valence-electron chi connectivity index (χ0n) is 22.1. The Kier molecular flexibility index (Phi) is 15.3. The standard InChI is InChI=1S/C25H40FNO9.Y/c1-25(2,35-23(31)19-9-4-7-17(15-19)21(28)29)11-14-34-27(3)12-6-13-33-22(30)18-8-5-10-20(16-18)24(32)36-26;/h17-20H,4-16H2,1-3H3,(H,28,29);/t17-,18?,19?,20-;/m0./s1. The van der Waals surface area contributed by atoms with Crippen LogP contribution in [0.2, 0.25) is 0 Å². The third-order valence-electron chi connectivity index (χ3n) is 7.03. The van der Waals surface area contributed by atoms with E-state index in [9.17, 15) is 28.8 Å². The van der Waals surface area contributed by atoms with Crippen molar-refractivity contribution in [2.45, 2.75) is 83.7 Å². The summed E-state index contributed by atoms with van der Waals surface area (Å²) in [6.45, 7) is 4.62. The number of carboxylic acids is 1. The molecule has 37 heavy (non-hydrogen) atoms. The van der Waals surface area contributed by atoms with Crippen molar-refractivity contribution in [3.05, 3.63) is 0 Å². The molecule has 1 radical (unpaired) electrons. The number of carbonyl (C=O) groups is 4. The quantitative estimate of drug-likeness (QED) is 0.189. The molecule has 0 amide bonds. The number of hydrogen-bond donors (Lipinski definition) is 1. The van der Waals surface area contributed by atoms with Gasteiger partial charge >= 0.3 is 23.9 Å². The van der Waals surface area contributed by atoms with Gasteiger partial charge in [-0.25, -0.2) is 4.79 Å². The normalized spacial score (nSPS) is 24.0. The average molecular weight is 606 g/mol. The van der Waals surface area contributed by atoms with Gasteiger partial charge in [-0.15, -0.1) is 0 Å². The van der Waals surface area contributed by atoms with E-state index in [0.29, 0.717) is 70.9 Å². The molecular weight excluding hydrogens is 566 g/mol. The molecule has 0 aliphatic heterocycles. The second kappa shape index (κ2) is 16.7. The predicted octanol–water partition coefficient (Wildman–Crippen LogP) is 3.62. The van der Waals surface area contributed by atoms with Crippen LogP contribution < -0.4 is 0 Å². The summed E-state index contributed by atoms with van der Waals surface area (Å²) in [5, 5.41) is 10.8. The number of nitrogens with zero attached hydrogens (tertiary/aromatic N) is 1. The zero-order chi connectivity index (χ0) is 26.7. The third-order valence-corrected chi connectivity index (χ3v) is 7.03. The molecule has 2 aliphatic rings. The van der Waals surface area contributed by atoms with Crippen LogP contribution in [0, 0.1) is 23.7 Å². The monoisotopic (exact) mass is 606 g/mol. The van der Waals surface area contributed by atoms with Crippen molar-refractivity contribution in [1.82, 2.24) is 5.06 Å². The van der Waals surface area contributed by atoms with E-state index in [2.05, 4.69) is 4.94 Å². The molecule has 0 heterocycles. The van der Waals surface area contributed by atoms with Crippen LogP contribution in [0.5, 0.6) is 0 Å². The number of rotatable bonds is 13. The molecule has 2 aliphatic carbocycles. The third kappa shape index (κ3) is 12.0. The van der Waals surface area contributed by atoms with Crippen LogP contribution >= 0.6 is 0 Å². The molecule has 0 aromatic rings. The van der Waals surface area contributed by atoms with Gasteiger partial charge in [-0.2, -0.15) is 5.06 Å². The minimum absolute atomic E-state index is 0. The molecule has 2 unspecified atom stereocenters. The Morgan fingerprint density at radius 3 is 2.03 bits per heavy atom. The summed E-state index contributed by atoms with van der Waals surface area (Å²) in [7, 11) is 1.75. The van der Waals surface area contributed by atoms with Gasteiger partial charge in [0.25, 0.3) is 0 Å². The second-order valence-electron chi connectivity index (χ2n) is 10.5. The molecule has 4 atom stereocenters. The second-order valence-corrected chi connectivity index (χ2v) is 10.5. The first-order valence-corrected chi connectivity index (χ1v) is 12.8. The van der Waals surface area contributed by atoms with Crippen molar-refractivity contribution in [3.8, 4) is 0 Å². The first-order valence-electron chi connectivity index (χ1n) is 12.8. The SMILES string of the molecule is CN(CCCOC(=O)C1CCC[C@H](C(=O)OF)C1)OCCC(C)(C)OC(=O)C1CCC[C@H](C(=O)O)C1.[Y]. The molecule has 0 bridgehead atoms. The largest absolute Gasteiger partial charge is 0.481 e. The smallest absolute Gasteiger partial charge is 0.351 e. The first-order chi connectivity index (χ1) is 17.0. The number of hydrogen-bond acceptors (Lipinski definition) is 9. The molecule has 0 spiro atoms. The summed E-state index contributed by atoms with van der Waals surface area (Å²) in [5.74, 6) is -4.43. The van der Waals surface area contributed by atoms with Crippen LogP contribution in [-0.2, 0) is 71.1 Å². The minimum Gasteiger partial charge on any atom is -0.481 e. The molecule has 1 N–H and O–H groups in total. The first kappa shape index (κ1) is 33.9. The topological polar surface area (TPSA) is 129 Å². The summed E-state index contributed by atoms with van der Waals surface area (Å²) in [6, 6.07) is 0. The Bertz CT molecular complexity index is 766. The molecular formula is C25H40FNO9Y. The number of carbonyl (C=O) groups excluding carboxylic acids is 3. The van der Waals surface area contributed by atoms with Gasteiger partial charge in [0, 0.05) is 57.2 Å². The van der Waals surface area contributed by atoms with E-state index in [0.717, 1.165) is 0 Å². The van der Waals surface area contributed by atoms with Crippen LogP contribution in [0.25, 0.3) is 0 Å². The van der Waals surface area contributed by atoms with E-state index >= 15 is 0 Å². The summed E-state index contributed by atoms with van der Waals surface area (Å²) < 4.78 is 23.1. The van der Waals surface area contributed by atoms with Crippen molar-refractivity contribution in [2.75, 3.05) is 26.8 Å². The van der Waals surface area contributed by atoms with Gasteiger partial charge in [0.2, 0.25) is 0 Å². The molecule has 12 heteroatoms. The van der Waals surface area contributed by atoms with E-state index in [1.807, 2.05) is 0 Å². The van der Waals surface area contributed by atoms with Gasteiger partial charge in [-0.3, -0.25) is 24.2 Å². The molecule has 0 saturated heterocycles. The van der Waals surface area contributed by atoms with E-state index in [-0.39, 0.29) is 63.6 Å². The fourth-order valence-corrected chi connectivity index (χ4v) is 4.81. The molecule has 0 aromatic heterocycles. The number of hydroxylamine groups is 2. The zero-order valence-corrected chi connectivity index (χ0v) is 25.0. The van der Waals surface area contributed by atoms with Crippen molar-refractivity contribution >= 4 is 23.9 Å². The summed E-state index contributed by atoms with van der Waals surface area (Å²) in [5.41, 5.74) is -0.754. The molecule has 2 rings (SSSR count). The Balaban J connectivity index is 0.00000684. The number of halogens is 1.